The molecule has 4 heteroatoms. The van der Waals surface area contributed by atoms with Gasteiger partial charge in [-0.1, -0.05) is 12.1 Å². The Hall–Kier alpha value is -2.23. The van der Waals surface area contributed by atoms with Gasteiger partial charge in [-0.2, -0.15) is 0 Å². The lowest BCUT2D eigenvalue weighted by molar-refractivity contribution is -0.115. The quantitative estimate of drug-likeness (QED) is 0.843. The third kappa shape index (κ3) is 2.88. The zero-order valence-electron chi connectivity index (χ0n) is 8.63. The molecule has 0 aliphatic rings. The maximum atomic E-state index is 11.6. The highest BCUT2D eigenvalue weighted by Gasteiger charge is 2.03. The van der Waals surface area contributed by atoms with Gasteiger partial charge in [0, 0.05) is 18.6 Å². The fraction of sp³-hybridized carbons (Fsp3) is 0.0833. The SMILES string of the molecule is O=C(Cc1cccnc1)Nc1ccccn1. The summed E-state index contributed by atoms with van der Waals surface area (Å²) in [6, 6.07) is 9.05. The Morgan fingerprint density at radius 2 is 2.12 bits per heavy atom. The first kappa shape index (κ1) is 10.3. The Kier molecular flexibility index (Phi) is 3.23. The Morgan fingerprint density at radius 3 is 2.81 bits per heavy atom. The monoisotopic (exact) mass is 213 g/mol. The van der Waals surface area contributed by atoms with Crippen LogP contribution in [0.3, 0.4) is 0 Å². The number of pyridine rings is 2. The number of amides is 1. The number of carbonyl (C=O) groups excluding carboxylic acids is 1. The summed E-state index contributed by atoms with van der Waals surface area (Å²) >= 11 is 0. The highest BCUT2D eigenvalue weighted by molar-refractivity contribution is 5.91. The van der Waals surface area contributed by atoms with Crippen molar-refractivity contribution in [1.29, 1.82) is 0 Å². The van der Waals surface area contributed by atoms with Crippen molar-refractivity contribution in [3.63, 3.8) is 0 Å². The molecule has 0 aliphatic heterocycles. The van der Waals surface area contributed by atoms with Crippen LogP contribution in [-0.2, 0) is 11.2 Å². The molecule has 0 radical (unpaired) electrons. The largest absolute Gasteiger partial charge is 0.310 e. The molecule has 0 spiro atoms. The van der Waals surface area contributed by atoms with Crippen molar-refractivity contribution >= 4 is 11.7 Å². The lowest BCUT2D eigenvalue weighted by Gasteiger charge is -2.03. The maximum absolute atomic E-state index is 11.6. The predicted molar refractivity (Wildman–Crippen MR) is 60.8 cm³/mol. The van der Waals surface area contributed by atoms with Crippen LogP contribution in [0.5, 0.6) is 0 Å². The molecule has 0 saturated carbocycles. The zero-order chi connectivity index (χ0) is 11.2. The summed E-state index contributed by atoms with van der Waals surface area (Å²) in [7, 11) is 0. The zero-order valence-corrected chi connectivity index (χ0v) is 8.63. The summed E-state index contributed by atoms with van der Waals surface area (Å²) < 4.78 is 0. The topological polar surface area (TPSA) is 54.9 Å². The van der Waals surface area contributed by atoms with E-state index in [1.165, 1.54) is 0 Å². The van der Waals surface area contributed by atoms with Crippen LogP contribution in [-0.4, -0.2) is 15.9 Å². The van der Waals surface area contributed by atoms with Gasteiger partial charge < -0.3 is 5.32 Å². The van der Waals surface area contributed by atoms with Gasteiger partial charge in [0.1, 0.15) is 5.82 Å². The van der Waals surface area contributed by atoms with Crippen LogP contribution < -0.4 is 5.32 Å². The van der Waals surface area contributed by atoms with Gasteiger partial charge >= 0.3 is 0 Å². The Labute approximate surface area is 93.4 Å². The van der Waals surface area contributed by atoms with E-state index in [9.17, 15) is 4.79 Å². The van der Waals surface area contributed by atoms with Gasteiger partial charge in [0.25, 0.3) is 0 Å². The van der Waals surface area contributed by atoms with Gasteiger partial charge in [0.2, 0.25) is 5.91 Å². The van der Waals surface area contributed by atoms with Crippen molar-refractivity contribution in [3.8, 4) is 0 Å². The molecule has 0 atom stereocenters. The summed E-state index contributed by atoms with van der Waals surface area (Å²) in [5.41, 5.74) is 0.885. The number of carbonyl (C=O) groups is 1. The van der Waals surface area contributed by atoms with Crippen molar-refractivity contribution in [3.05, 3.63) is 54.5 Å². The number of rotatable bonds is 3. The highest BCUT2D eigenvalue weighted by atomic mass is 16.1. The highest BCUT2D eigenvalue weighted by Crippen LogP contribution is 2.02. The van der Waals surface area contributed by atoms with Crippen LogP contribution in [0.1, 0.15) is 5.56 Å². The van der Waals surface area contributed by atoms with E-state index in [1.54, 1.807) is 30.7 Å². The number of hydrogen-bond donors (Lipinski definition) is 1. The second-order valence-electron chi connectivity index (χ2n) is 3.30. The predicted octanol–water partition coefficient (Wildman–Crippen LogP) is 1.66. The standard InChI is InChI=1S/C12H11N3O/c16-12(8-10-4-3-6-13-9-10)15-11-5-1-2-7-14-11/h1-7,9H,8H2,(H,14,15,16). The molecular weight excluding hydrogens is 202 g/mol. The summed E-state index contributed by atoms with van der Waals surface area (Å²) in [5, 5.41) is 2.71. The van der Waals surface area contributed by atoms with E-state index in [2.05, 4.69) is 15.3 Å². The second kappa shape index (κ2) is 5.02. The molecule has 2 aromatic heterocycles. The van der Waals surface area contributed by atoms with Crippen molar-refractivity contribution in [2.45, 2.75) is 6.42 Å². The first-order valence-electron chi connectivity index (χ1n) is 4.94. The average Bonchev–Trinajstić information content (AvgIpc) is 2.31. The van der Waals surface area contributed by atoms with Gasteiger partial charge in [0.15, 0.2) is 0 Å². The van der Waals surface area contributed by atoms with E-state index in [-0.39, 0.29) is 5.91 Å². The molecule has 0 bridgehead atoms. The number of hydrogen-bond acceptors (Lipinski definition) is 3. The van der Waals surface area contributed by atoms with Crippen LogP contribution >= 0.6 is 0 Å². The Balaban J connectivity index is 1.95. The molecule has 80 valence electrons. The molecule has 1 amide bonds. The lowest BCUT2D eigenvalue weighted by Crippen LogP contribution is -2.15. The Morgan fingerprint density at radius 1 is 1.19 bits per heavy atom. The van der Waals surface area contributed by atoms with Crippen molar-refractivity contribution in [2.75, 3.05) is 5.32 Å². The average molecular weight is 213 g/mol. The normalized spacial score (nSPS) is 9.75. The molecule has 2 rings (SSSR count). The Bertz CT molecular complexity index is 413. The minimum atomic E-state index is -0.0910. The lowest BCUT2D eigenvalue weighted by atomic mass is 10.2. The fourth-order valence-corrected chi connectivity index (χ4v) is 1.31. The molecule has 0 aromatic carbocycles. The van der Waals surface area contributed by atoms with Gasteiger partial charge in [-0.05, 0) is 23.8 Å². The van der Waals surface area contributed by atoms with Crippen molar-refractivity contribution in [1.82, 2.24) is 9.97 Å². The third-order valence-corrected chi connectivity index (χ3v) is 2.02. The van der Waals surface area contributed by atoms with E-state index >= 15 is 0 Å². The van der Waals surface area contributed by atoms with Crippen LogP contribution in [0.2, 0.25) is 0 Å². The minimum absolute atomic E-state index is 0.0910. The van der Waals surface area contributed by atoms with Crippen molar-refractivity contribution in [2.24, 2.45) is 0 Å². The second-order valence-corrected chi connectivity index (χ2v) is 3.30. The molecule has 1 N–H and O–H groups in total. The van der Waals surface area contributed by atoms with E-state index in [1.807, 2.05) is 18.2 Å². The molecule has 16 heavy (non-hydrogen) atoms. The molecule has 0 unspecified atom stereocenters. The van der Waals surface area contributed by atoms with Gasteiger partial charge in [-0.25, -0.2) is 4.98 Å². The number of anilines is 1. The van der Waals surface area contributed by atoms with E-state index in [4.69, 9.17) is 0 Å². The molecule has 2 aromatic rings. The molecule has 2 heterocycles. The fourth-order valence-electron chi connectivity index (χ4n) is 1.31. The van der Waals surface area contributed by atoms with Crippen LogP contribution in [0.4, 0.5) is 5.82 Å². The van der Waals surface area contributed by atoms with Crippen LogP contribution in [0.25, 0.3) is 0 Å². The van der Waals surface area contributed by atoms with Gasteiger partial charge in [-0.3, -0.25) is 9.78 Å². The van der Waals surface area contributed by atoms with Crippen LogP contribution in [0.15, 0.2) is 48.9 Å². The summed E-state index contributed by atoms with van der Waals surface area (Å²) in [4.78, 5) is 19.6. The first-order chi connectivity index (χ1) is 7.84. The smallest absolute Gasteiger partial charge is 0.230 e. The molecule has 4 nitrogen and oxygen atoms in total. The van der Waals surface area contributed by atoms with Gasteiger partial charge in [-0.15, -0.1) is 0 Å². The first-order valence-corrected chi connectivity index (χ1v) is 4.94. The number of nitrogens with one attached hydrogen (secondary N) is 1. The third-order valence-electron chi connectivity index (χ3n) is 2.02. The van der Waals surface area contributed by atoms with E-state index in [0.717, 1.165) is 5.56 Å². The minimum Gasteiger partial charge on any atom is -0.310 e. The maximum Gasteiger partial charge on any atom is 0.230 e. The summed E-state index contributed by atoms with van der Waals surface area (Å²) in [6.07, 6.45) is 5.31. The van der Waals surface area contributed by atoms with E-state index < -0.39 is 0 Å². The summed E-state index contributed by atoms with van der Waals surface area (Å²) in [5.74, 6) is 0.475. The van der Waals surface area contributed by atoms with Crippen molar-refractivity contribution < 1.29 is 4.79 Å². The molecular formula is C12H11N3O. The number of aromatic nitrogens is 2. The summed E-state index contributed by atoms with van der Waals surface area (Å²) in [6.45, 7) is 0. The molecule has 0 aliphatic carbocycles. The number of nitrogens with zero attached hydrogens (tertiary/aromatic N) is 2. The van der Waals surface area contributed by atoms with E-state index in [0.29, 0.717) is 12.2 Å². The van der Waals surface area contributed by atoms with Crippen LogP contribution in [0, 0.1) is 0 Å². The molecule has 0 saturated heterocycles. The van der Waals surface area contributed by atoms with Gasteiger partial charge in [0.05, 0.1) is 6.42 Å². The molecule has 0 fully saturated rings.